The van der Waals surface area contributed by atoms with Crippen molar-refractivity contribution in [3.05, 3.63) is 58.5 Å². The summed E-state index contributed by atoms with van der Waals surface area (Å²) in [5.74, 6) is 0.953. The minimum atomic E-state index is -0.258. The lowest BCUT2D eigenvalue weighted by atomic mass is 10.1. The van der Waals surface area contributed by atoms with E-state index in [2.05, 4.69) is 10.3 Å². The smallest absolute Gasteiger partial charge is 0.257 e. The van der Waals surface area contributed by atoms with E-state index in [4.69, 9.17) is 9.47 Å². The van der Waals surface area contributed by atoms with Crippen molar-refractivity contribution in [1.29, 1.82) is 0 Å². The van der Waals surface area contributed by atoms with E-state index in [1.54, 1.807) is 26.4 Å². The number of amides is 1. The second-order valence-electron chi connectivity index (χ2n) is 5.86. The quantitative estimate of drug-likeness (QED) is 0.709. The van der Waals surface area contributed by atoms with Crippen LogP contribution in [-0.4, -0.2) is 25.1 Å². The van der Waals surface area contributed by atoms with Crippen LogP contribution in [0.15, 0.2) is 41.8 Å². The Bertz CT molecular complexity index is 907. The van der Waals surface area contributed by atoms with E-state index in [-0.39, 0.29) is 5.91 Å². The number of ether oxygens (including phenoxy) is 2. The number of aromatic nitrogens is 1. The minimum Gasteiger partial charge on any atom is -0.496 e. The molecule has 1 N–H and O–H groups in total. The van der Waals surface area contributed by atoms with Crippen LogP contribution in [-0.2, 0) is 0 Å². The van der Waals surface area contributed by atoms with Crippen molar-refractivity contribution >= 4 is 22.4 Å². The third kappa shape index (κ3) is 3.70. The Hall–Kier alpha value is -2.86. The van der Waals surface area contributed by atoms with Gasteiger partial charge in [-0.2, -0.15) is 0 Å². The molecule has 3 rings (SSSR count). The van der Waals surface area contributed by atoms with Crippen molar-refractivity contribution in [1.82, 2.24) is 4.98 Å². The second-order valence-corrected chi connectivity index (χ2v) is 6.72. The summed E-state index contributed by atoms with van der Waals surface area (Å²) in [5.41, 5.74) is 4.36. The summed E-state index contributed by atoms with van der Waals surface area (Å²) in [4.78, 5) is 17.1. The number of benzene rings is 2. The molecule has 6 heteroatoms. The molecular formula is C20H20N2O3S. The standard InChI is InChI=1S/C20H20N2O3S/c1-12-5-7-14(8-6-12)16-11-26-20(21-16)22-19(23)15-9-17(24-3)13(2)18(10-15)25-4/h5-11H,1-4H3,(H,21,22,23). The van der Waals surface area contributed by atoms with Crippen molar-refractivity contribution in [2.75, 3.05) is 19.5 Å². The highest BCUT2D eigenvalue weighted by Gasteiger charge is 2.15. The fourth-order valence-corrected chi connectivity index (χ4v) is 3.29. The predicted octanol–water partition coefficient (Wildman–Crippen LogP) is 4.70. The predicted molar refractivity (Wildman–Crippen MR) is 105 cm³/mol. The van der Waals surface area contributed by atoms with Crippen LogP contribution in [0.2, 0.25) is 0 Å². The SMILES string of the molecule is COc1cc(C(=O)Nc2nc(-c3ccc(C)cc3)cs2)cc(OC)c1C. The molecule has 0 atom stereocenters. The van der Waals surface area contributed by atoms with Crippen molar-refractivity contribution in [2.45, 2.75) is 13.8 Å². The monoisotopic (exact) mass is 368 g/mol. The van der Waals surface area contributed by atoms with Gasteiger partial charge in [0.15, 0.2) is 5.13 Å². The van der Waals surface area contributed by atoms with E-state index in [9.17, 15) is 4.79 Å². The molecule has 0 saturated carbocycles. The fraction of sp³-hybridized carbons (Fsp3) is 0.200. The first-order chi connectivity index (χ1) is 12.5. The maximum Gasteiger partial charge on any atom is 0.257 e. The number of methoxy groups -OCH3 is 2. The molecule has 1 heterocycles. The number of carbonyl (C=O) groups is 1. The van der Waals surface area contributed by atoms with Crippen molar-refractivity contribution in [2.24, 2.45) is 0 Å². The van der Waals surface area contributed by atoms with Crippen molar-refractivity contribution in [3.63, 3.8) is 0 Å². The molecule has 1 aromatic heterocycles. The first kappa shape index (κ1) is 17.9. The third-order valence-electron chi connectivity index (χ3n) is 4.09. The molecule has 5 nitrogen and oxygen atoms in total. The Morgan fingerprint density at radius 1 is 1.04 bits per heavy atom. The average molecular weight is 368 g/mol. The number of nitrogens with zero attached hydrogens (tertiary/aromatic N) is 1. The summed E-state index contributed by atoms with van der Waals surface area (Å²) in [6.45, 7) is 3.93. The first-order valence-corrected chi connectivity index (χ1v) is 8.96. The number of anilines is 1. The second kappa shape index (κ2) is 7.58. The highest BCUT2D eigenvalue weighted by molar-refractivity contribution is 7.14. The van der Waals surface area contributed by atoms with E-state index in [1.807, 2.05) is 43.5 Å². The topological polar surface area (TPSA) is 60.5 Å². The lowest BCUT2D eigenvalue weighted by molar-refractivity contribution is 0.102. The van der Waals surface area contributed by atoms with Gasteiger partial charge in [0, 0.05) is 22.1 Å². The zero-order valence-corrected chi connectivity index (χ0v) is 15.9. The van der Waals surface area contributed by atoms with Crippen LogP contribution in [0.5, 0.6) is 11.5 Å². The molecule has 0 aliphatic heterocycles. The summed E-state index contributed by atoms with van der Waals surface area (Å²) < 4.78 is 10.7. The average Bonchev–Trinajstić information content (AvgIpc) is 3.10. The normalized spacial score (nSPS) is 10.5. The van der Waals surface area contributed by atoms with Crippen LogP contribution >= 0.6 is 11.3 Å². The molecule has 0 saturated heterocycles. The number of carbonyl (C=O) groups excluding carboxylic acids is 1. The first-order valence-electron chi connectivity index (χ1n) is 8.08. The third-order valence-corrected chi connectivity index (χ3v) is 4.84. The number of hydrogen-bond donors (Lipinski definition) is 1. The fourth-order valence-electron chi connectivity index (χ4n) is 2.57. The number of rotatable bonds is 5. The number of thiazole rings is 1. The molecule has 134 valence electrons. The number of nitrogens with one attached hydrogen (secondary N) is 1. The molecule has 0 spiro atoms. The molecule has 0 fully saturated rings. The van der Waals surface area contributed by atoms with Gasteiger partial charge in [-0.15, -0.1) is 11.3 Å². The summed E-state index contributed by atoms with van der Waals surface area (Å²) in [5, 5.41) is 5.31. The lowest BCUT2D eigenvalue weighted by Gasteiger charge is -2.12. The van der Waals surface area contributed by atoms with Gasteiger partial charge in [0.2, 0.25) is 0 Å². The molecule has 0 unspecified atom stereocenters. The van der Waals surface area contributed by atoms with Gasteiger partial charge in [0.05, 0.1) is 19.9 Å². The Morgan fingerprint density at radius 2 is 1.65 bits per heavy atom. The molecule has 0 aliphatic carbocycles. The molecule has 2 aromatic carbocycles. The largest absolute Gasteiger partial charge is 0.496 e. The lowest BCUT2D eigenvalue weighted by Crippen LogP contribution is -2.12. The highest BCUT2D eigenvalue weighted by atomic mass is 32.1. The minimum absolute atomic E-state index is 0.258. The summed E-state index contributed by atoms with van der Waals surface area (Å²) in [6, 6.07) is 11.5. The van der Waals surface area contributed by atoms with E-state index in [1.165, 1.54) is 16.9 Å². The van der Waals surface area contributed by atoms with Gasteiger partial charge < -0.3 is 9.47 Å². The summed E-state index contributed by atoms with van der Waals surface area (Å²) in [6.07, 6.45) is 0. The van der Waals surface area contributed by atoms with Crippen LogP contribution in [0, 0.1) is 13.8 Å². The van der Waals surface area contributed by atoms with Crippen LogP contribution in [0.4, 0.5) is 5.13 Å². The van der Waals surface area contributed by atoms with Crippen LogP contribution in [0.1, 0.15) is 21.5 Å². The number of hydrogen-bond acceptors (Lipinski definition) is 5. The van der Waals surface area contributed by atoms with E-state index >= 15 is 0 Å². The molecular weight excluding hydrogens is 348 g/mol. The van der Waals surface area contributed by atoms with Crippen molar-refractivity contribution < 1.29 is 14.3 Å². The van der Waals surface area contributed by atoms with E-state index < -0.39 is 0 Å². The molecule has 0 bridgehead atoms. The van der Waals surface area contributed by atoms with Gasteiger partial charge in [0.25, 0.3) is 5.91 Å². The van der Waals surface area contributed by atoms with Crippen LogP contribution < -0.4 is 14.8 Å². The van der Waals surface area contributed by atoms with Crippen LogP contribution in [0.25, 0.3) is 11.3 Å². The summed E-state index contributed by atoms with van der Waals surface area (Å²) >= 11 is 1.39. The molecule has 1 amide bonds. The Kier molecular flexibility index (Phi) is 5.23. The van der Waals surface area contributed by atoms with Crippen molar-refractivity contribution in [3.8, 4) is 22.8 Å². The Balaban J connectivity index is 1.81. The molecule has 3 aromatic rings. The maximum atomic E-state index is 12.6. The number of aryl methyl sites for hydroxylation is 1. The highest BCUT2D eigenvalue weighted by Crippen LogP contribution is 2.30. The molecule has 0 radical (unpaired) electrons. The zero-order valence-electron chi connectivity index (χ0n) is 15.1. The van der Waals surface area contributed by atoms with Crippen LogP contribution in [0.3, 0.4) is 0 Å². The van der Waals surface area contributed by atoms with Gasteiger partial charge in [-0.1, -0.05) is 29.8 Å². The van der Waals surface area contributed by atoms with E-state index in [0.717, 1.165) is 16.8 Å². The molecule has 26 heavy (non-hydrogen) atoms. The maximum absolute atomic E-state index is 12.6. The summed E-state index contributed by atoms with van der Waals surface area (Å²) in [7, 11) is 3.14. The molecule has 0 aliphatic rings. The Labute approximate surface area is 156 Å². The van der Waals surface area contributed by atoms with Gasteiger partial charge in [0.1, 0.15) is 11.5 Å². The van der Waals surface area contributed by atoms with Gasteiger partial charge in [-0.3, -0.25) is 10.1 Å². The zero-order chi connectivity index (χ0) is 18.7. The van der Waals surface area contributed by atoms with Gasteiger partial charge in [-0.25, -0.2) is 4.98 Å². The van der Waals surface area contributed by atoms with E-state index in [0.29, 0.717) is 22.2 Å². The Morgan fingerprint density at radius 3 is 2.23 bits per heavy atom. The van der Waals surface area contributed by atoms with Gasteiger partial charge in [-0.05, 0) is 26.0 Å². The van der Waals surface area contributed by atoms with Gasteiger partial charge >= 0.3 is 0 Å².